The molecule has 1 N–H and O–H groups in total. The number of hydrogen-bond donors (Lipinski definition) is 1. The molecule has 2 aliphatic heterocycles. The van der Waals surface area contributed by atoms with E-state index < -0.39 is 30.2 Å². The lowest BCUT2D eigenvalue weighted by atomic mass is 9.91. The van der Waals surface area contributed by atoms with Crippen molar-refractivity contribution in [1.82, 2.24) is 15.1 Å². The topological polar surface area (TPSA) is 114 Å². The van der Waals surface area contributed by atoms with Crippen molar-refractivity contribution in [1.29, 1.82) is 0 Å². The van der Waals surface area contributed by atoms with Crippen molar-refractivity contribution >= 4 is 23.9 Å². The van der Waals surface area contributed by atoms with Crippen LogP contribution in [0, 0.1) is 11.8 Å². The molecular formula is C31H46FN3O7. The van der Waals surface area contributed by atoms with Gasteiger partial charge >= 0.3 is 12.1 Å². The fourth-order valence-corrected chi connectivity index (χ4v) is 5.40. The number of methoxy groups -OCH3 is 1. The molecule has 10 nitrogen and oxygen atoms in total. The number of carbonyl (C=O) groups excluding carboxylic acids is 4. The van der Waals surface area contributed by atoms with Crippen LogP contribution in [0.15, 0.2) is 24.3 Å². The maximum atomic E-state index is 13.3. The van der Waals surface area contributed by atoms with Crippen LogP contribution < -0.4 is 10.1 Å². The van der Waals surface area contributed by atoms with E-state index in [0.29, 0.717) is 62.7 Å². The number of piperidine rings is 2. The zero-order valence-corrected chi connectivity index (χ0v) is 25.4. The quantitative estimate of drug-likeness (QED) is 0.380. The fourth-order valence-electron chi connectivity index (χ4n) is 5.40. The number of carbonyl (C=O) groups is 4. The summed E-state index contributed by atoms with van der Waals surface area (Å²) in [5, 5.41) is 2.97. The second-order valence-corrected chi connectivity index (χ2v) is 12.1. The lowest BCUT2D eigenvalue weighted by Crippen LogP contribution is -2.46. The number of nitrogens with one attached hydrogen (secondary N) is 1. The third-order valence-electron chi connectivity index (χ3n) is 7.70. The van der Waals surface area contributed by atoms with Gasteiger partial charge in [0.15, 0.2) is 0 Å². The molecule has 234 valence electrons. The van der Waals surface area contributed by atoms with Gasteiger partial charge in [-0.2, -0.15) is 0 Å². The molecule has 2 fully saturated rings. The van der Waals surface area contributed by atoms with Crippen LogP contribution >= 0.6 is 0 Å². The maximum absolute atomic E-state index is 13.3. The number of alkyl halides is 1. The minimum atomic E-state index is -0.656. The Kier molecular flexibility index (Phi) is 12.4. The number of hydrogen-bond acceptors (Lipinski definition) is 7. The minimum Gasteiger partial charge on any atom is -0.491 e. The summed E-state index contributed by atoms with van der Waals surface area (Å²) in [6.07, 6.45) is 3.81. The van der Waals surface area contributed by atoms with Crippen LogP contribution in [0.25, 0.3) is 0 Å². The first-order valence-electron chi connectivity index (χ1n) is 14.9. The van der Waals surface area contributed by atoms with E-state index in [1.165, 1.54) is 7.11 Å². The van der Waals surface area contributed by atoms with Crippen LogP contribution in [0.1, 0.15) is 77.3 Å². The monoisotopic (exact) mass is 590 g/mol. The number of nitrogens with zero attached hydrogens (tertiary/aromatic N) is 2. The Bertz CT molecular complexity index is 1070. The van der Waals surface area contributed by atoms with Crippen LogP contribution in [-0.4, -0.2) is 85.8 Å². The molecule has 3 amide bonds. The van der Waals surface area contributed by atoms with Gasteiger partial charge in [0.05, 0.1) is 25.5 Å². The molecule has 1 aromatic carbocycles. The molecule has 11 heteroatoms. The zero-order valence-electron chi connectivity index (χ0n) is 25.4. The van der Waals surface area contributed by atoms with Crippen LogP contribution in [-0.2, 0) is 23.9 Å². The summed E-state index contributed by atoms with van der Waals surface area (Å²) in [4.78, 5) is 54.4. The standard InChI is InChI=1S/C31H46FN3O7/c1-31(2,3)42-30(39)34-16-12-22(13-17-34)10-11-27(36)35-15-6-8-24(21-35)29(38)33-26(20-28(37)40-4)23-7-5-9-25(19-23)41-18-14-32/h5,7,9,19,22,24,26H,6,8,10-18,20-21H2,1-4H3,(H,33,38)/t24-,26+/m1/s1/i32-1. The summed E-state index contributed by atoms with van der Waals surface area (Å²) < 4.78 is 28.2. The van der Waals surface area contributed by atoms with Gasteiger partial charge in [0.25, 0.3) is 0 Å². The van der Waals surface area contributed by atoms with Crippen molar-refractivity contribution in [2.75, 3.05) is 46.6 Å². The Morgan fingerprint density at radius 2 is 1.81 bits per heavy atom. The molecule has 0 unspecified atom stereocenters. The molecule has 42 heavy (non-hydrogen) atoms. The molecule has 0 aromatic heterocycles. The molecule has 0 spiro atoms. The number of amides is 3. The van der Waals surface area contributed by atoms with Gasteiger partial charge in [-0.3, -0.25) is 14.4 Å². The number of rotatable bonds is 11. The summed E-state index contributed by atoms with van der Waals surface area (Å²) in [7, 11) is 1.29. The summed E-state index contributed by atoms with van der Waals surface area (Å²) >= 11 is 0. The zero-order chi connectivity index (χ0) is 30.7. The molecule has 0 bridgehead atoms. The highest BCUT2D eigenvalue weighted by atomic mass is 18.2. The van der Waals surface area contributed by atoms with E-state index in [1.54, 1.807) is 34.1 Å². The molecule has 0 saturated carbocycles. The van der Waals surface area contributed by atoms with Gasteiger partial charge in [-0.05, 0) is 76.5 Å². The highest BCUT2D eigenvalue weighted by Crippen LogP contribution is 2.27. The molecular weight excluding hydrogens is 544 g/mol. The number of halogens is 1. The molecule has 0 aliphatic carbocycles. The van der Waals surface area contributed by atoms with Gasteiger partial charge in [0, 0.05) is 32.6 Å². The second-order valence-electron chi connectivity index (χ2n) is 12.1. The third-order valence-corrected chi connectivity index (χ3v) is 7.70. The molecule has 2 saturated heterocycles. The van der Waals surface area contributed by atoms with Crippen molar-refractivity contribution in [2.24, 2.45) is 11.8 Å². The minimum absolute atomic E-state index is 0.0332. The fraction of sp³-hybridized carbons (Fsp3) is 0.677. The third kappa shape index (κ3) is 10.5. The van der Waals surface area contributed by atoms with Crippen LogP contribution in [0.5, 0.6) is 5.75 Å². The van der Waals surface area contributed by atoms with E-state index in [1.807, 2.05) is 20.8 Å². The van der Waals surface area contributed by atoms with Crippen LogP contribution in [0.4, 0.5) is 9.18 Å². The van der Waals surface area contributed by atoms with Gasteiger partial charge in [-0.15, -0.1) is 0 Å². The van der Waals surface area contributed by atoms with E-state index in [-0.39, 0.29) is 30.9 Å². The van der Waals surface area contributed by atoms with E-state index in [4.69, 9.17) is 14.2 Å². The van der Waals surface area contributed by atoms with E-state index in [9.17, 15) is 23.6 Å². The predicted molar refractivity (Wildman–Crippen MR) is 154 cm³/mol. The van der Waals surface area contributed by atoms with E-state index >= 15 is 0 Å². The SMILES string of the molecule is COC(=O)C[C@H](NC(=O)[C@@H]1CCCN(C(=O)CCC2CCN(C(=O)OC(C)(C)C)CC2)C1)c1cccc(OCC[18F])c1. The normalized spacial score (nSPS) is 18.6. The summed E-state index contributed by atoms with van der Waals surface area (Å²) in [6, 6.07) is 6.20. The Labute approximate surface area is 248 Å². The van der Waals surface area contributed by atoms with Crippen molar-refractivity contribution in [3.8, 4) is 5.75 Å². The van der Waals surface area contributed by atoms with Gasteiger partial charge in [0.2, 0.25) is 11.8 Å². The van der Waals surface area contributed by atoms with E-state index in [0.717, 1.165) is 19.3 Å². The number of ether oxygens (including phenoxy) is 3. The first-order valence-corrected chi connectivity index (χ1v) is 14.9. The summed E-state index contributed by atoms with van der Waals surface area (Å²) in [5.41, 5.74) is 0.120. The van der Waals surface area contributed by atoms with Crippen molar-refractivity contribution in [3.05, 3.63) is 29.8 Å². The number of likely N-dealkylation sites (tertiary alicyclic amines) is 2. The lowest BCUT2D eigenvalue weighted by molar-refractivity contribution is -0.141. The molecule has 2 atom stereocenters. The van der Waals surface area contributed by atoms with Gasteiger partial charge in [-0.25, -0.2) is 9.18 Å². The molecule has 3 rings (SSSR count). The smallest absolute Gasteiger partial charge is 0.410 e. The molecule has 2 heterocycles. The summed E-state index contributed by atoms with van der Waals surface area (Å²) in [6.45, 7) is 7.02. The maximum Gasteiger partial charge on any atom is 0.410 e. The first kappa shape index (κ1) is 33.1. The lowest BCUT2D eigenvalue weighted by Gasteiger charge is -2.35. The largest absolute Gasteiger partial charge is 0.491 e. The van der Waals surface area contributed by atoms with Crippen molar-refractivity contribution < 1.29 is 37.8 Å². The first-order chi connectivity index (χ1) is 20.0. The van der Waals surface area contributed by atoms with E-state index in [2.05, 4.69) is 5.32 Å². The van der Waals surface area contributed by atoms with Gasteiger partial charge in [0.1, 0.15) is 24.6 Å². The Balaban J connectivity index is 1.51. The van der Waals surface area contributed by atoms with Crippen molar-refractivity contribution in [3.63, 3.8) is 0 Å². The van der Waals surface area contributed by atoms with Crippen LogP contribution in [0.3, 0.4) is 0 Å². The van der Waals surface area contributed by atoms with Crippen molar-refractivity contribution in [2.45, 2.75) is 77.4 Å². The Hall–Kier alpha value is -3.37. The van der Waals surface area contributed by atoms with Gasteiger partial charge < -0.3 is 29.3 Å². The highest BCUT2D eigenvalue weighted by Gasteiger charge is 2.32. The molecule has 1 aromatic rings. The molecule has 0 radical (unpaired) electrons. The van der Waals surface area contributed by atoms with Gasteiger partial charge in [-0.1, -0.05) is 12.1 Å². The highest BCUT2D eigenvalue weighted by molar-refractivity contribution is 5.82. The Morgan fingerprint density at radius 1 is 1.07 bits per heavy atom. The number of esters is 1. The average Bonchev–Trinajstić information content (AvgIpc) is 2.97. The number of benzene rings is 1. The Morgan fingerprint density at radius 3 is 2.48 bits per heavy atom. The summed E-state index contributed by atoms with van der Waals surface area (Å²) in [5.74, 6) is -0.269. The van der Waals surface area contributed by atoms with Crippen LogP contribution in [0.2, 0.25) is 0 Å². The second kappa shape index (κ2) is 15.7. The predicted octanol–water partition coefficient (Wildman–Crippen LogP) is 4.42. The molecule has 2 aliphatic rings. The average molecular weight is 591 g/mol.